The molecule has 4 heterocycles. The van der Waals surface area contributed by atoms with Crippen LogP contribution in [0.3, 0.4) is 0 Å². The lowest BCUT2D eigenvalue weighted by atomic mass is 10.1. The van der Waals surface area contributed by atoms with Crippen LogP contribution in [0.5, 0.6) is 5.75 Å². The van der Waals surface area contributed by atoms with Crippen molar-refractivity contribution in [2.45, 2.75) is 40.2 Å². The molecule has 8 aromatic rings. The minimum Gasteiger partial charge on any atom is -0.496 e. The highest BCUT2D eigenvalue weighted by Gasteiger charge is 2.28. The number of halogens is 2. The monoisotopic (exact) mass is 1180 g/mol. The SMILES string of the molecule is COc1cc(C(=O)SCCOP(=O)(COCCn2cnc3c(=O)[nH]c(N)nc32)OCc2cccc(F)c2)ccc1C.Cc1ccc(C(=O)SCCOP(=O)(COCCn2cnc3c(=O)[nH]c(N)nc32)OCc2cccc(F)c2)cc1. The summed E-state index contributed by atoms with van der Waals surface area (Å²) >= 11 is 2.04. The highest BCUT2D eigenvalue weighted by Crippen LogP contribution is 2.50. The molecule has 6 N–H and O–H groups in total. The molecule has 23 nitrogen and oxygen atoms in total. The maximum absolute atomic E-state index is 13.6. The van der Waals surface area contributed by atoms with Crippen LogP contribution in [0, 0.1) is 25.5 Å². The van der Waals surface area contributed by atoms with E-state index in [9.17, 15) is 37.1 Å². The summed E-state index contributed by atoms with van der Waals surface area (Å²) in [5.74, 6) is 0.0449. The molecule has 0 fully saturated rings. The molecule has 0 bridgehead atoms. The summed E-state index contributed by atoms with van der Waals surface area (Å²) in [6.07, 6.45) is 2.05. The molecule has 2 unspecified atom stereocenters. The van der Waals surface area contributed by atoms with Crippen molar-refractivity contribution in [1.29, 1.82) is 0 Å². The Morgan fingerprint density at radius 1 is 0.625 bits per heavy atom. The first-order valence-corrected chi connectivity index (χ1v) is 29.7. The minimum absolute atomic E-state index is 0.0375. The fraction of sp³-hybridized carbons (Fsp3) is 0.294. The summed E-state index contributed by atoms with van der Waals surface area (Å²) in [5, 5.41) is -0.328. The average molecular weight is 1180 g/mol. The van der Waals surface area contributed by atoms with E-state index in [0.29, 0.717) is 28.0 Å². The van der Waals surface area contributed by atoms with Gasteiger partial charge < -0.3 is 52.9 Å². The number of nitrogens with one attached hydrogen (secondary N) is 2. The Morgan fingerprint density at radius 2 is 1.09 bits per heavy atom. The lowest BCUT2D eigenvalue weighted by Gasteiger charge is -2.19. The molecule has 4 aromatic heterocycles. The number of nitrogen functional groups attached to an aromatic ring is 2. The number of carbonyl (C=O) groups is 2. The van der Waals surface area contributed by atoms with Crippen LogP contribution in [-0.2, 0) is 63.0 Å². The standard InChI is InChI=1S/C26H29FN5O7PS.C25H27FN5O6PS/c1-17-6-7-19(13-21(17)36-2)25(34)41-11-10-38-40(35,39-14-18-4-3-5-20(27)12-18)16-37-9-8-32-15-29-22-23(32)30-26(28)31-24(22)33;1-17-5-7-19(8-6-17)24(33)39-12-11-36-38(34,37-14-18-3-2-4-20(26)13-18)16-35-10-9-31-15-28-21-22(31)29-25(27)30-23(21)32/h3-7,12-13,15H,8-11,14,16H2,1-2H3,(H3,28,30,31,33);2-8,13,15H,9-12,14,16H2,1H3,(H3,27,29,30,32). The molecule has 0 spiro atoms. The van der Waals surface area contributed by atoms with E-state index in [2.05, 4.69) is 29.9 Å². The van der Waals surface area contributed by atoms with Gasteiger partial charge in [-0.3, -0.25) is 38.3 Å². The van der Waals surface area contributed by atoms with E-state index in [1.807, 2.05) is 26.0 Å². The number of imidazole rings is 2. The van der Waals surface area contributed by atoms with Gasteiger partial charge in [0, 0.05) is 35.7 Å². The number of fused-ring (bicyclic) bond motifs is 2. The smallest absolute Gasteiger partial charge is 0.356 e. The summed E-state index contributed by atoms with van der Waals surface area (Å²) in [4.78, 5) is 69.9. The molecule has 0 amide bonds. The van der Waals surface area contributed by atoms with E-state index < -0.39 is 44.3 Å². The first-order valence-electron chi connectivity index (χ1n) is 24.3. The van der Waals surface area contributed by atoms with Gasteiger partial charge in [-0.2, -0.15) is 9.97 Å². The van der Waals surface area contributed by atoms with Crippen LogP contribution >= 0.6 is 38.7 Å². The number of methoxy groups -OCH3 is 1. The summed E-state index contributed by atoms with van der Waals surface area (Å²) < 4.78 is 96.0. The second-order valence-corrected chi connectivity index (χ2v) is 23.3. The number of hydrogen-bond acceptors (Lipinski definition) is 21. The van der Waals surface area contributed by atoms with Gasteiger partial charge in [0.25, 0.3) is 11.1 Å². The molecule has 424 valence electrons. The normalized spacial score (nSPS) is 12.9. The number of anilines is 2. The van der Waals surface area contributed by atoms with Crippen LogP contribution in [0.1, 0.15) is 43.0 Å². The first kappa shape index (κ1) is 60.7. The molecule has 29 heteroatoms. The molecule has 0 aliphatic rings. The van der Waals surface area contributed by atoms with Crippen molar-refractivity contribution >= 4 is 83.2 Å². The molecule has 80 heavy (non-hydrogen) atoms. The van der Waals surface area contributed by atoms with Crippen molar-refractivity contribution in [2.24, 2.45) is 0 Å². The first-order chi connectivity index (χ1) is 38.4. The van der Waals surface area contributed by atoms with E-state index in [1.165, 1.54) is 56.2 Å². The van der Waals surface area contributed by atoms with Gasteiger partial charge >= 0.3 is 15.2 Å². The highest BCUT2D eigenvalue weighted by molar-refractivity contribution is 8.14. The average Bonchev–Trinajstić information content (AvgIpc) is 4.10. The Labute approximate surface area is 464 Å². The van der Waals surface area contributed by atoms with Crippen molar-refractivity contribution in [1.82, 2.24) is 39.0 Å². The third kappa shape index (κ3) is 17.8. The number of ether oxygens (including phenoxy) is 3. The maximum atomic E-state index is 13.6. The summed E-state index contributed by atoms with van der Waals surface area (Å²) in [6.45, 7) is 3.95. The second kappa shape index (κ2) is 29.0. The summed E-state index contributed by atoms with van der Waals surface area (Å²) in [5.41, 5.74) is 15.1. The van der Waals surface area contributed by atoms with Gasteiger partial charge in [-0.15, -0.1) is 0 Å². The van der Waals surface area contributed by atoms with Crippen LogP contribution in [0.25, 0.3) is 22.3 Å². The number of aromatic amines is 2. The molecule has 0 saturated heterocycles. The number of aryl methyl sites for hydroxylation is 2. The Kier molecular flexibility index (Phi) is 22.0. The van der Waals surface area contributed by atoms with Crippen LogP contribution in [0.15, 0.2) is 113 Å². The van der Waals surface area contributed by atoms with E-state index in [1.54, 1.807) is 51.6 Å². The number of nitrogens with two attached hydrogens (primary N) is 2. The van der Waals surface area contributed by atoms with Crippen molar-refractivity contribution in [3.63, 3.8) is 0 Å². The molecule has 0 aliphatic heterocycles. The molecular weight excluding hydrogens is 1120 g/mol. The van der Waals surface area contributed by atoms with Crippen LogP contribution < -0.4 is 27.3 Å². The number of thioether (sulfide) groups is 2. The zero-order chi connectivity index (χ0) is 57.2. The number of carbonyl (C=O) groups excluding carboxylic acids is 2. The van der Waals surface area contributed by atoms with Crippen LogP contribution in [0.2, 0.25) is 0 Å². The largest absolute Gasteiger partial charge is 0.496 e. The quantitative estimate of drug-likeness (QED) is 0.0278. The van der Waals surface area contributed by atoms with Crippen LogP contribution in [0.4, 0.5) is 20.7 Å². The predicted molar refractivity (Wildman–Crippen MR) is 299 cm³/mol. The second-order valence-electron chi connectivity index (χ2n) is 17.2. The number of nitrogens with zero attached hydrogens (tertiary/aromatic N) is 6. The highest BCUT2D eigenvalue weighted by atomic mass is 32.2. The number of rotatable bonds is 27. The summed E-state index contributed by atoms with van der Waals surface area (Å²) in [6, 6.07) is 23.8. The number of hydrogen-bond donors (Lipinski definition) is 4. The zero-order valence-corrected chi connectivity index (χ0v) is 46.8. The fourth-order valence-corrected chi connectivity index (χ4v) is 11.3. The predicted octanol–water partition coefficient (Wildman–Crippen LogP) is 8.26. The van der Waals surface area contributed by atoms with Crippen molar-refractivity contribution in [3.8, 4) is 5.75 Å². The molecule has 2 atom stereocenters. The minimum atomic E-state index is -3.83. The van der Waals surface area contributed by atoms with Crippen molar-refractivity contribution in [2.75, 3.05) is 69.2 Å². The molecule has 0 radical (unpaired) electrons. The van der Waals surface area contributed by atoms with E-state index in [0.717, 1.165) is 34.7 Å². The third-order valence-corrected chi connectivity index (χ3v) is 16.1. The van der Waals surface area contributed by atoms with Gasteiger partial charge in [-0.1, -0.05) is 83.7 Å². The Hall–Kier alpha value is -6.90. The molecule has 0 aliphatic carbocycles. The Balaban J connectivity index is 0.000000231. The fourth-order valence-electron chi connectivity index (χ4n) is 7.19. The molecule has 8 rings (SSSR count). The van der Waals surface area contributed by atoms with Gasteiger partial charge in [-0.25, -0.2) is 18.7 Å². The van der Waals surface area contributed by atoms with Gasteiger partial charge in [0.1, 0.15) is 30.1 Å². The summed E-state index contributed by atoms with van der Waals surface area (Å²) in [7, 11) is -6.09. The molecular formula is C51H56F2N10O13P2S2. The maximum Gasteiger partial charge on any atom is 0.356 e. The van der Waals surface area contributed by atoms with Gasteiger partial charge in [0.05, 0.1) is 59.4 Å². The van der Waals surface area contributed by atoms with E-state index in [-0.39, 0.29) is 115 Å². The van der Waals surface area contributed by atoms with E-state index in [4.69, 9.17) is 43.8 Å². The lowest BCUT2D eigenvalue weighted by molar-refractivity contribution is 0.108. The van der Waals surface area contributed by atoms with Crippen molar-refractivity contribution in [3.05, 3.63) is 169 Å². The topological polar surface area (TPSA) is 312 Å². The number of H-pyrrole nitrogens is 2. The number of aromatic nitrogens is 8. The van der Waals surface area contributed by atoms with Gasteiger partial charge in [0.2, 0.25) is 22.1 Å². The lowest BCUT2D eigenvalue weighted by Crippen LogP contribution is -2.13. The van der Waals surface area contributed by atoms with Crippen LogP contribution in [-0.4, -0.2) is 107 Å². The number of benzene rings is 4. The molecule has 4 aromatic carbocycles. The Morgan fingerprint density at radius 3 is 1.55 bits per heavy atom. The zero-order valence-electron chi connectivity index (χ0n) is 43.4. The Bertz CT molecular complexity index is 3640. The van der Waals surface area contributed by atoms with E-state index >= 15 is 0 Å². The van der Waals surface area contributed by atoms with Crippen molar-refractivity contribution < 1.29 is 59.8 Å². The van der Waals surface area contributed by atoms with Gasteiger partial charge in [-0.05, 0) is 66.9 Å². The van der Waals surface area contributed by atoms with Gasteiger partial charge in [0.15, 0.2) is 22.3 Å². The third-order valence-electron chi connectivity index (χ3n) is 11.2. The molecule has 0 saturated carbocycles.